The summed E-state index contributed by atoms with van der Waals surface area (Å²) >= 11 is 0. The third-order valence-corrected chi connectivity index (χ3v) is 6.42. The van der Waals surface area contributed by atoms with E-state index in [2.05, 4.69) is 16.2 Å². The minimum absolute atomic E-state index is 0.0124. The highest BCUT2D eigenvalue weighted by Crippen LogP contribution is 2.36. The van der Waals surface area contributed by atoms with Crippen molar-refractivity contribution in [2.75, 3.05) is 0 Å². The molecular weight excluding hydrogens is 200 g/mol. The van der Waals surface area contributed by atoms with Gasteiger partial charge in [-0.05, 0) is 18.1 Å². The molecule has 0 aliphatic heterocycles. The van der Waals surface area contributed by atoms with Crippen LogP contribution in [0.4, 0.5) is 4.79 Å². The van der Waals surface area contributed by atoms with E-state index in [0.29, 0.717) is 0 Å². The molecule has 0 saturated carbocycles. The van der Waals surface area contributed by atoms with E-state index in [0.717, 1.165) is 6.26 Å². The Labute approximate surface area is 85.9 Å². The van der Waals surface area contributed by atoms with E-state index < -0.39 is 14.5 Å². The van der Waals surface area contributed by atoms with Crippen molar-refractivity contribution in [2.24, 2.45) is 0 Å². The summed E-state index contributed by atoms with van der Waals surface area (Å²) < 4.78 is 9.47. The zero-order valence-corrected chi connectivity index (χ0v) is 10.4. The van der Waals surface area contributed by atoms with Gasteiger partial charge in [0.25, 0.3) is 8.32 Å². The van der Waals surface area contributed by atoms with E-state index in [9.17, 15) is 4.79 Å². The van der Waals surface area contributed by atoms with Gasteiger partial charge in [-0.25, -0.2) is 9.37 Å². The molecule has 14 heavy (non-hydrogen) atoms. The summed E-state index contributed by atoms with van der Waals surface area (Å²) in [5.41, 5.74) is 0. The maximum Gasteiger partial charge on any atom is 0.544 e. The van der Waals surface area contributed by atoms with Gasteiger partial charge in [0.15, 0.2) is 0 Å². The van der Waals surface area contributed by atoms with E-state index in [1.54, 1.807) is 0 Å². The highest BCUT2D eigenvalue weighted by molar-refractivity contribution is 6.73. The number of rotatable bonds is 3. The molecule has 0 radical (unpaired) electrons. The summed E-state index contributed by atoms with van der Waals surface area (Å²) in [7, 11) is -2.05. The van der Waals surface area contributed by atoms with Crippen molar-refractivity contribution in [1.82, 2.24) is 0 Å². The molecule has 82 valence electrons. The Balaban J connectivity index is 4.12. The zero-order chi connectivity index (χ0) is 11.4. The maximum atomic E-state index is 10.8. The fraction of sp³-hybridized carbons (Fsp3) is 0.667. The number of hydrogen-bond acceptors (Lipinski definition) is 4. The van der Waals surface area contributed by atoms with Crippen molar-refractivity contribution < 1.29 is 19.0 Å². The van der Waals surface area contributed by atoms with Crippen LogP contribution in [0, 0.1) is 0 Å². The molecule has 0 saturated heterocycles. The summed E-state index contributed by atoms with van der Waals surface area (Å²) in [6.07, 6.45) is 0.113. The molecule has 0 spiro atoms. The van der Waals surface area contributed by atoms with Gasteiger partial charge in [-0.2, -0.15) is 0 Å². The largest absolute Gasteiger partial charge is 0.544 e. The summed E-state index contributed by atoms with van der Waals surface area (Å²) in [5.74, 6) is 0. The standard InChI is InChI=1S/C9H18O4Si/c1-7-11-8(10)12-13-14(5,6)9(2,3)4/h7H,1H2,2-6H3. The first kappa shape index (κ1) is 13.2. The number of carbonyl (C=O) groups excluding carboxylic acids is 1. The summed E-state index contributed by atoms with van der Waals surface area (Å²) in [6.45, 7) is 13.3. The average molecular weight is 218 g/mol. The van der Waals surface area contributed by atoms with E-state index in [4.69, 9.17) is 4.58 Å². The minimum Gasteiger partial charge on any atom is -0.402 e. The fourth-order valence-electron chi connectivity index (χ4n) is 0.351. The fourth-order valence-corrected chi connectivity index (χ4v) is 0.877. The summed E-state index contributed by atoms with van der Waals surface area (Å²) in [4.78, 5) is 15.3. The second-order valence-electron chi connectivity index (χ2n) is 4.46. The number of ether oxygens (including phenoxy) is 1. The van der Waals surface area contributed by atoms with E-state index >= 15 is 0 Å². The summed E-state index contributed by atoms with van der Waals surface area (Å²) in [5, 5.41) is -0.0124. The molecule has 0 aromatic rings. The maximum absolute atomic E-state index is 10.8. The molecule has 0 aromatic heterocycles. The lowest BCUT2D eigenvalue weighted by atomic mass is 10.2. The second kappa shape index (κ2) is 4.61. The highest BCUT2D eigenvalue weighted by atomic mass is 28.4. The van der Waals surface area contributed by atoms with Crippen LogP contribution in [0.5, 0.6) is 0 Å². The lowest BCUT2D eigenvalue weighted by Crippen LogP contribution is -2.41. The van der Waals surface area contributed by atoms with Gasteiger partial charge >= 0.3 is 6.16 Å². The van der Waals surface area contributed by atoms with Gasteiger partial charge < -0.3 is 4.74 Å². The van der Waals surface area contributed by atoms with Crippen LogP contribution in [0.1, 0.15) is 20.8 Å². The SMILES string of the molecule is C=COC(=O)OO[Si](C)(C)C(C)(C)C. The van der Waals surface area contributed by atoms with Crippen molar-refractivity contribution in [3.8, 4) is 0 Å². The molecule has 0 unspecified atom stereocenters. The molecular formula is C9H18O4Si. The Morgan fingerprint density at radius 1 is 1.36 bits per heavy atom. The molecule has 0 aromatic carbocycles. The van der Waals surface area contributed by atoms with E-state index in [1.165, 1.54) is 0 Å². The molecule has 0 aliphatic carbocycles. The van der Waals surface area contributed by atoms with Crippen LogP contribution in [0.15, 0.2) is 12.8 Å². The van der Waals surface area contributed by atoms with Crippen LogP contribution in [-0.4, -0.2) is 14.5 Å². The molecule has 0 aliphatic rings. The Kier molecular flexibility index (Phi) is 4.34. The third kappa shape index (κ3) is 3.93. The molecule has 0 fully saturated rings. The van der Waals surface area contributed by atoms with Gasteiger partial charge in [-0.1, -0.05) is 27.4 Å². The number of carbonyl (C=O) groups is 1. The van der Waals surface area contributed by atoms with Crippen molar-refractivity contribution in [3.05, 3.63) is 12.8 Å². The third-order valence-electron chi connectivity index (χ3n) is 2.30. The predicted molar refractivity (Wildman–Crippen MR) is 56.0 cm³/mol. The Morgan fingerprint density at radius 2 is 1.86 bits per heavy atom. The monoisotopic (exact) mass is 218 g/mol. The van der Waals surface area contributed by atoms with E-state index in [-0.39, 0.29) is 5.04 Å². The molecule has 0 rings (SSSR count). The van der Waals surface area contributed by atoms with Crippen molar-refractivity contribution >= 4 is 14.5 Å². The predicted octanol–water partition coefficient (Wildman–Crippen LogP) is 3.22. The van der Waals surface area contributed by atoms with Gasteiger partial charge in [0.1, 0.15) is 0 Å². The molecule has 5 heteroatoms. The first-order chi connectivity index (χ1) is 6.20. The van der Waals surface area contributed by atoms with Gasteiger partial charge in [0.2, 0.25) is 0 Å². The summed E-state index contributed by atoms with van der Waals surface area (Å²) in [6, 6.07) is 0. The van der Waals surface area contributed by atoms with Crippen LogP contribution in [-0.2, 0) is 14.2 Å². The quantitative estimate of drug-likeness (QED) is 0.240. The Bertz CT molecular complexity index is 217. The first-order valence-corrected chi connectivity index (χ1v) is 7.29. The second-order valence-corrected chi connectivity index (χ2v) is 9.15. The molecule has 0 amide bonds. The first-order valence-electron chi connectivity index (χ1n) is 4.38. The molecule has 0 bridgehead atoms. The van der Waals surface area contributed by atoms with Crippen LogP contribution in [0.3, 0.4) is 0 Å². The molecule has 0 heterocycles. The normalized spacial score (nSPS) is 12.1. The lowest BCUT2D eigenvalue weighted by molar-refractivity contribution is -0.175. The van der Waals surface area contributed by atoms with Gasteiger partial charge in [0.05, 0.1) is 6.26 Å². The van der Waals surface area contributed by atoms with Crippen molar-refractivity contribution in [1.29, 1.82) is 0 Å². The smallest absolute Gasteiger partial charge is 0.402 e. The highest BCUT2D eigenvalue weighted by Gasteiger charge is 2.40. The molecule has 0 N–H and O–H groups in total. The van der Waals surface area contributed by atoms with Crippen LogP contribution in [0.25, 0.3) is 0 Å². The van der Waals surface area contributed by atoms with Crippen LogP contribution >= 0.6 is 0 Å². The van der Waals surface area contributed by atoms with Crippen molar-refractivity contribution in [2.45, 2.75) is 38.9 Å². The average Bonchev–Trinajstić information content (AvgIpc) is 1.99. The molecule has 0 atom stereocenters. The van der Waals surface area contributed by atoms with Crippen molar-refractivity contribution in [3.63, 3.8) is 0 Å². The minimum atomic E-state index is -2.05. The Morgan fingerprint density at radius 3 is 2.21 bits per heavy atom. The van der Waals surface area contributed by atoms with E-state index in [1.807, 2.05) is 33.9 Å². The van der Waals surface area contributed by atoms with Crippen LogP contribution in [0.2, 0.25) is 18.1 Å². The van der Waals surface area contributed by atoms with Gasteiger partial charge in [-0.3, -0.25) is 4.89 Å². The Hall–Kier alpha value is -0.813. The lowest BCUT2D eigenvalue weighted by Gasteiger charge is -2.33. The number of hydrogen-bond donors (Lipinski definition) is 0. The topological polar surface area (TPSA) is 44.8 Å². The van der Waals surface area contributed by atoms with Gasteiger partial charge in [-0.15, -0.1) is 0 Å². The van der Waals surface area contributed by atoms with Gasteiger partial charge in [0, 0.05) is 0 Å². The van der Waals surface area contributed by atoms with Crippen LogP contribution < -0.4 is 0 Å². The zero-order valence-electron chi connectivity index (χ0n) is 9.42. The molecule has 4 nitrogen and oxygen atoms in total.